The third-order valence-corrected chi connectivity index (χ3v) is 13.2. The lowest BCUT2D eigenvalue weighted by atomic mass is 9.62. The van der Waals surface area contributed by atoms with E-state index >= 15 is 0 Å². The molecule has 0 aromatic carbocycles. The van der Waals surface area contributed by atoms with E-state index in [1.165, 1.54) is 36.5 Å². The minimum Gasteiger partial charge on any atom is -0.414 e. The summed E-state index contributed by atoms with van der Waals surface area (Å²) in [6, 6.07) is 0. The Labute approximate surface area is 153 Å². The summed E-state index contributed by atoms with van der Waals surface area (Å²) in [4.78, 5) is 0. The first kappa shape index (κ1) is 19.2. The van der Waals surface area contributed by atoms with Crippen molar-refractivity contribution in [3.63, 3.8) is 0 Å². The molecule has 2 saturated carbocycles. The summed E-state index contributed by atoms with van der Waals surface area (Å²) in [5, 5.41) is 0.328. The highest BCUT2D eigenvalue weighted by Gasteiger charge is 2.54. The molecule has 0 bridgehead atoms. The Morgan fingerprint density at radius 1 is 1.23 bits per heavy atom. The average molecular weight is 436 g/mol. The average Bonchev–Trinajstić information content (AvgIpc) is 2.74. The predicted molar refractivity (Wildman–Crippen MR) is 108 cm³/mol. The van der Waals surface area contributed by atoms with E-state index in [0.29, 0.717) is 16.6 Å². The molecule has 130 valence electrons. The smallest absolute Gasteiger partial charge is 0.192 e. The molecule has 0 amide bonds. The van der Waals surface area contributed by atoms with Crippen molar-refractivity contribution in [3.05, 3.63) is 0 Å². The predicted octanol–water partition coefficient (Wildman–Crippen LogP) is 6.66. The molecule has 0 aromatic heterocycles. The van der Waals surface area contributed by atoms with Crippen LogP contribution in [0.25, 0.3) is 0 Å². The Bertz CT molecular complexity index is 389. The van der Waals surface area contributed by atoms with Gasteiger partial charge in [-0.2, -0.15) is 0 Å². The third-order valence-electron chi connectivity index (χ3n) is 7.32. The van der Waals surface area contributed by atoms with Crippen LogP contribution < -0.4 is 0 Å². The van der Waals surface area contributed by atoms with E-state index in [9.17, 15) is 0 Å². The van der Waals surface area contributed by atoms with Crippen molar-refractivity contribution in [2.24, 2.45) is 23.2 Å². The van der Waals surface area contributed by atoms with Gasteiger partial charge in [-0.3, -0.25) is 0 Å². The molecule has 0 radical (unpaired) electrons. The molecule has 2 fully saturated rings. The fourth-order valence-electron chi connectivity index (χ4n) is 4.90. The Balaban J connectivity index is 2.17. The van der Waals surface area contributed by atoms with Crippen LogP contribution in [0.15, 0.2) is 0 Å². The lowest BCUT2D eigenvalue weighted by molar-refractivity contribution is -0.0179. The van der Waals surface area contributed by atoms with Gasteiger partial charge in [0.15, 0.2) is 8.32 Å². The molecule has 5 atom stereocenters. The lowest BCUT2D eigenvalue weighted by Gasteiger charge is -2.49. The Hall–Kier alpha value is 0.907. The minimum atomic E-state index is -1.64. The standard InChI is InChI=1S/C19H37IOSi/c1-14(13-20)15-10-11-16-17(9-8-12-19(15,16)5)21-22(6,7)18(2,3)4/h14-17H,8-13H2,1-7H3/t14-,15-,16+,17+,19+/m1/s1. The Kier molecular flexibility index (Phi) is 5.83. The molecule has 2 aliphatic rings. The van der Waals surface area contributed by atoms with Gasteiger partial charge in [0.05, 0.1) is 0 Å². The van der Waals surface area contributed by atoms with Crippen LogP contribution in [0.2, 0.25) is 18.1 Å². The molecule has 1 nitrogen and oxygen atoms in total. The van der Waals surface area contributed by atoms with Crippen molar-refractivity contribution in [1.29, 1.82) is 0 Å². The number of fused-ring (bicyclic) bond motifs is 1. The van der Waals surface area contributed by atoms with E-state index in [1.807, 2.05) is 0 Å². The Morgan fingerprint density at radius 2 is 1.86 bits per heavy atom. The van der Waals surface area contributed by atoms with Crippen LogP contribution in [0.5, 0.6) is 0 Å². The van der Waals surface area contributed by atoms with E-state index in [2.05, 4.69) is 70.3 Å². The van der Waals surface area contributed by atoms with E-state index in [0.717, 1.165) is 17.8 Å². The van der Waals surface area contributed by atoms with E-state index in [4.69, 9.17) is 4.43 Å². The summed E-state index contributed by atoms with van der Waals surface area (Å²) in [7, 11) is -1.64. The topological polar surface area (TPSA) is 9.23 Å². The maximum Gasteiger partial charge on any atom is 0.192 e. The van der Waals surface area contributed by atoms with Gasteiger partial charge in [-0.05, 0) is 67.0 Å². The first-order valence-electron chi connectivity index (χ1n) is 9.27. The van der Waals surface area contributed by atoms with Crippen molar-refractivity contribution >= 4 is 30.9 Å². The third kappa shape index (κ3) is 3.46. The van der Waals surface area contributed by atoms with Crippen molar-refractivity contribution < 1.29 is 4.43 Å². The number of halogens is 1. The summed E-state index contributed by atoms with van der Waals surface area (Å²) in [6.07, 6.45) is 7.48. The number of rotatable bonds is 4. The van der Waals surface area contributed by atoms with Gasteiger partial charge < -0.3 is 4.43 Å². The Morgan fingerprint density at radius 3 is 2.41 bits per heavy atom. The summed E-state index contributed by atoms with van der Waals surface area (Å²) >= 11 is 2.59. The van der Waals surface area contributed by atoms with Gasteiger partial charge in [-0.1, -0.05) is 63.6 Å². The van der Waals surface area contributed by atoms with Gasteiger partial charge in [0.1, 0.15) is 0 Å². The zero-order valence-electron chi connectivity index (χ0n) is 15.8. The van der Waals surface area contributed by atoms with Crippen LogP contribution in [-0.2, 0) is 4.43 Å². The lowest BCUT2D eigenvalue weighted by Crippen LogP contribution is -2.50. The molecule has 0 aromatic rings. The maximum absolute atomic E-state index is 6.92. The first-order valence-corrected chi connectivity index (χ1v) is 13.7. The van der Waals surface area contributed by atoms with Crippen LogP contribution in [0.3, 0.4) is 0 Å². The van der Waals surface area contributed by atoms with Gasteiger partial charge in [-0.25, -0.2) is 0 Å². The maximum atomic E-state index is 6.92. The molecule has 22 heavy (non-hydrogen) atoms. The summed E-state index contributed by atoms with van der Waals surface area (Å²) in [6.45, 7) is 17.0. The van der Waals surface area contributed by atoms with E-state index in [-0.39, 0.29) is 0 Å². The molecule has 0 spiro atoms. The summed E-state index contributed by atoms with van der Waals surface area (Å²) < 4.78 is 8.23. The summed E-state index contributed by atoms with van der Waals surface area (Å²) in [5.74, 6) is 2.59. The highest BCUT2D eigenvalue weighted by atomic mass is 127. The number of alkyl halides is 1. The van der Waals surface area contributed by atoms with Crippen LogP contribution in [-0.4, -0.2) is 18.8 Å². The zero-order valence-corrected chi connectivity index (χ0v) is 19.0. The molecule has 0 aliphatic heterocycles. The monoisotopic (exact) mass is 436 g/mol. The number of hydrogen-bond donors (Lipinski definition) is 0. The second-order valence-corrected chi connectivity index (χ2v) is 15.4. The van der Waals surface area contributed by atoms with Gasteiger partial charge in [-0.15, -0.1) is 0 Å². The second kappa shape index (κ2) is 6.66. The molecule has 2 aliphatic carbocycles. The van der Waals surface area contributed by atoms with Crippen molar-refractivity contribution in [3.8, 4) is 0 Å². The first-order chi connectivity index (χ1) is 10.0. The molecular formula is C19H37IOSi. The molecule has 0 saturated heterocycles. The van der Waals surface area contributed by atoms with E-state index < -0.39 is 8.32 Å². The van der Waals surface area contributed by atoms with Gasteiger partial charge in [0.25, 0.3) is 0 Å². The van der Waals surface area contributed by atoms with Gasteiger partial charge in [0, 0.05) is 10.5 Å². The quantitative estimate of drug-likeness (QED) is 0.272. The molecule has 0 N–H and O–H groups in total. The molecular weight excluding hydrogens is 399 g/mol. The second-order valence-electron chi connectivity index (χ2n) is 9.74. The fraction of sp³-hybridized carbons (Fsp3) is 1.00. The van der Waals surface area contributed by atoms with Crippen LogP contribution >= 0.6 is 22.6 Å². The van der Waals surface area contributed by atoms with Crippen molar-refractivity contribution in [1.82, 2.24) is 0 Å². The highest BCUT2D eigenvalue weighted by molar-refractivity contribution is 14.1. The van der Waals surface area contributed by atoms with Crippen molar-refractivity contribution in [2.75, 3.05) is 4.43 Å². The number of hydrogen-bond acceptors (Lipinski definition) is 1. The van der Waals surface area contributed by atoms with Crippen molar-refractivity contribution in [2.45, 2.75) is 91.0 Å². The largest absolute Gasteiger partial charge is 0.414 e. The molecule has 3 heteroatoms. The highest BCUT2D eigenvalue weighted by Crippen LogP contribution is 2.59. The molecule has 0 unspecified atom stereocenters. The van der Waals surface area contributed by atoms with E-state index in [1.54, 1.807) is 0 Å². The van der Waals surface area contributed by atoms with Gasteiger partial charge in [0.2, 0.25) is 0 Å². The van der Waals surface area contributed by atoms with Gasteiger partial charge >= 0.3 is 0 Å². The minimum absolute atomic E-state index is 0.328. The van der Waals surface area contributed by atoms with Crippen LogP contribution in [0.1, 0.15) is 66.7 Å². The molecule has 0 heterocycles. The summed E-state index contributed by atoms with van der Waals surface area (Å²) in [5.41, 5.74) is 0.538. The van der Waals surface area contributed by atoms with Crippen LogP contribution in [0.4, 0.5) is 0 Å². The fourth-order valence-corrected chi connectivity index (χ4v) is 6.90. The zero-order chi connectivity index (χ0) is 16.8. The normalized spacial score (nSPS) is 37.9. The SMILES string of the molecule is C[C@H](CI)[C@H]1CC[C@H]2[C@@H](O[Si](C)(C)C(C)(C)C)CCC[C@@]12C. The molecule has 2 rings (SSSR count). The van der Waals surface area contributed by atoms with Crippen LogP contribution in [0, 0.1) is 23.2 Å².